The molecule has 0 bridgehead atoms. The predicted octanol–water partition coefficient (Wildman–Crippen LogP) is 1.94. The number of aromatic amines is 1. The lowest BCUT2D eigenvalue weighted by atomic mass is 10.1. The van der Waals surface area contributed by atoms with Crippen molar-refractivity contribution in [1.29, 1.82) is 0 Å². The van der Waals surface area contributed by atoms with Gasteiger partial charge in [0, 0.05) is 12.7 Å². The fourth-order valence-corrected chi connectivity index (χ4v) is 1.96. The van der Waals surface area contributed by atoms with Gasteiger partial charge in [-0.1, -0.05) is 0 Å². The Morgan fingerprint density at radius 2 is 2.35 bits per heavy atom. The molecule has 0 aliphatic carbocycles. The molecule has 0 radical (unpaired) electrons. The predicted molar refractivity (Wildman–Crippen MR) is 64.4 cm³/mol. The highest BCUT2D eigenvalue weighted by molar-refractivity contribution is 5.92. The molecule has 2 N–H and O–H groups in total. The van der Waals surface area contributed by atoms with E-state index in [4.69, 9.17) is 4.42 Å². The van der Waals surface area contributed by atoms with E-state index in [2.05, 4.69) is 20.3 Å². The Labute approximate surface area is 97.9 Å². The summed E-state index contributed by atoms with van der Waals surface area (Å²) in [6, 6.07) is 3.76. The van der Waals surface area contributed by atoms with E-state index in [-0.39, 0.29) is 0 Å². The van der Waals surface area contributed by atoms with Crippen LogP contribution < -0.4 is 5.32 Å². The van der Waals surface area contributed by atoms with Gasteiger partial charge in [0.2, 0.25) is 0 Å². The third-order valence-electron chi connectivity index (χ3n) is 2.67. The van der Waals surface area contributed by atoms with Gasteiger partial charge in [-0.25, -0.2) is 9.97 Å². The molecule has 0 fully saturated rings. The van der Waals surface area contributed by atoms with Gasteiger partial charge in [0.25, 0.3) is 0 Å². The Bertz CT molecular complexity index is 627. The lowest BCUT2D eigenvalue weighted by molar-refractivity contribution is 0.580. The zero-order valence-electron chi connectivity index (χ0n) is 9.40. The molecule has 0 amide bonds. The van der Waals surface area contributed by atoms with Crippen LogP contribution in [0.15, 0.2) is 35.3 Å². The maximum absolute atomic E-state index is 5.41. The van der Waals surface area contributed by atoms with Gasteiger partial charge in [0.15, 0.2) is 5.76 Å². The molecule has 0 unspecified atom stereocenters. The van der Waals surface area contributed by atoms with Crippen LogP contribution in [0.2, 0.25) is 0 Å². The molecule has 17 heavy (non-hydrogen) atoms. The molecule has 0 spiro atoms. The zero-order valence-corrected chi connectivity index (χ0v) is 9.40. The number of hydrogen-bond acceptors (Lipinski definition) is 4. The highest BCUT2D eigenvalue weighted by Crippen LogP contribution is 2.28. The number of furan rings is 1. The average molecular weight is 228 g/mol. The second-order valence-electron chi connectivity index (χ2n) is 3.77. The maximum atomic E-state index is 5.41. The third-order valence-corrected chi connectivity index (χ3v) is 2.67. The summed E-state index contributed by atoms with van der Waals surface area (Å²) in [5.41, 5.74) is 2.79. The average Bonchev–Trinajstić information content (AvgIpc) is 2.98. The van der Waals surface area contributed by atoms with Crippen LogP contribution in [0.3, 0.4) is 0 Å². The van der Waals surface area contributed by atoms with Crippen LogP contribution in [0.4, 0.5) is 0 Å². The Hall–Kier alpha value is -2.14. The van der Waals surface area contributed by atoms with Crippen molar-refractivity contribution in [3.05, 3.63) is 36.5 Å². The first kappa shape index (κ1) is 10.0. The quantitative estimate of drug-likeness (QED) is 0.719. The largest absolute Gasteiger partial charge is 0.463 e. The molecular weight excluding hydrogens is 216 g/mol. The van der Waals surface area contributed by atoms with E-state index in [1.165, 1.54) is 0 Å². The van der Waals surface area contributed by atoms with Gasteiger partial charge in [0.05, 0.1) is 11.6 Å². The number of rotatable bonds is 3. The van der Waals surface area contributed by atoms with Gasteiger partial charge in [0.1, 0.15) is 17.7 Å². The fraction of sp³-hybridized carbons (Fsp3) is 0.167. The lowest BCUT2D eigenvalue weighted by Crippen LogP contribution is -2.04. The maximum Gasteiger partial charge on any atom is 0.153 e. The number of aromatic nitrogens is 3. The van der Waals surface area contributed by atoms with E-state index >= 15 is 0 Å². The van der Waals surface area contributed by atoms with Crippen LogP contribution in [0.25, 0.3) is 22.5 Å². The number of H-pyrrole nitrogens is 1. The van der Waals surface area contributed by atoms with Crippen LogP contribution in [0.5, 0.6) is 0 Å². The van der Waals surface area contributed by atoms with Crippen molar-refractivity contribution >= 4 is 11.0 Å². The second kappa shape index (κ2) is 4.03. The second-order valence-corrected chi connectivity index (χ2v) is 3.77. The van der Waals surface area contributed by atoms with Crippen LogP contribution in [0.1, 0.15) is 5.56 Å². The SMILES string of the molecule is CNCc1c[nH]c2ncnc(-c3ccco3)c12. The van der Waals surface area contributed by atoms with Gasteiger partial charge >= 0.3 is 0 Å². The molecule has 0 atom stereocenters. The summed E-state index contributed by atoms with van der Waals surface area (Å²) in [6.45, 7) is 0.765. The number of fused-ring (bicyclic) bond motifs is 1. The third kappa shape index (κ3) is 1.60. The summed E-state index contributed by atoms with van der Waals surface area (Å²) < 4.78 is 5.41. The first-order chi connectivity index (χ1) is 8.40. The van der Waals surface area contributed by atoms with Crippen molar-refractivity contribution in [2.75, 3.05) is 7.05 Å². The first-order valence-corrected chi connectivity index (χ1v) is 5.39. The Balaban J connectivity index is 2.26. The van der Waals surface area contributed by atoms with Crippen LogP contribution in [0, 0.1) is 0 Å². The Morgan fingerprint density at radius 3 is 3.12 bits per heavy atom. The molecule has 3 aromatic heterocycles. The van der Waals surface area contributed by atoms with Gasteiger partial charge in [-0.3, -0.25) is 0 Å². The molecule has 3 heterocycles. The Kier molecular flexibility index (Phi) is 2.38. The summed E-state index contributed by atoms with van der Waals surface area (Å²) in [7, 11) is 1.91. The minimum atomic E-state index is 0.759. The van der Waals surface area contributed by atoms with Crippen molar-refractivity contribution in [3.8, 4) is 11.5 Å². The molecule has 3 aromatic rings. The fourth-order valence-electron chi connectivity index (χ4n) is 1.96. The molecule has 5 heteroatoms. The molecule has 0 aliphatic heterocycles. The molecular formula is C12H12N4O. The zero-order chi connectivity index (χ0) is 11.7. The van der Waals surface area contributed by atoms with Gasteiger partial charge in [-0.2, -0.15) is 0 Å². The standard InChI is InChI=1S/C12H12N4O/c1-13-5-8-6-14-12-10(8)11(15-7-16-12)9-3-2-4-17-9/h2-4,6-7,13H,5H2,1H3,(H,14,15,16). The van der Waals surface area contributed by atoms with E-state index in [1.54, 1.807) is 12.6 Å². The van der Waals surface area contributed by atoms with Gasteiger partial charge < -0.3 is 14.7 Å². The summed E-state index contributed by atoms with van der Waals surface area (Å²) in [4.78, 5) is 11.7. The molecule has 86 valence electrons. The van der Waals surface area contributed by atoms with Crippen LogP contribution >= 0.6 is 0 Å². The van der Waals surface area contributed by atoms with Gasteiger partial charge in [-0.15, -0.1) is 0 Å². The molecule has 0 aromatic carbocycles. The summed E-state index contributed by atoms with van der Waals surface area (Å²) >= 11 is 0. The van der Waals surface area contributed by atoms with Crippen molar-refractivity contribution in [2.45, 2.75) is 6.54 Å². The minimum absolute atomic E-state index is 0.759. The summed E-state index contributed by atoms with van der Waals surface area (Å²) in [6.07, 6.45) is 5.13. The molecule has 0 aliphatic rings. The summed E-state index contributed by atoms with van der Waals surface area (Å²) in [5, 5.41) is 4.14. The molecule has 5 nitrogen and oxygen atoms in total. The molecule has 0 saturated carbocycles. The Morgan fingerprint density at radius 1 is 1.41 bits per heavy atom. The van der Waals surface area contributed by atoms with E-state index in [0.29, 0.717) is 0 Å². The van der Waals surface area contributed by atoms with Crippen molar-refractivity contribution in [3.63, 3.8) is 0 Å². The van der Waals surface area contributed by atoms with Crippen LogP contribution in [-0.4, -0.2) is 22.0 Å². The van der Waals surface area contributed by atoms with E-state index < -0.39 is 0 Å². The van der Waals surface area contributed by atoms with E-state index in [9.17, 15) is 0 Å². The van der Waals surface area contributed by atoms with Crippen molar-refractivity contribution < 1.29 is 4.42 Å². The van der Waals surface area contributed by atoms with Crippen molar-refractivity contribution in [2.24, 2.45) is 0 Å². The normalized spacial score (nSPS) is 11.1. The minimum Gasteiger partial charge on any atom is -0.463 e. The van der Waals surface area contributed by atoms with E-state index in [1.807, 2.05) is 25.4 Å². The number of nitrogens with zero attached hydrogens (tertiary/aromatic N) is 2. The van der Waals surface area contributed by atoms with E-state index in [0.717, 1.165) is 34.6 Å². The highest BCUT2D eigenvalue weighted by atomic mass is 16.3. The topological polar surface area (TPSA) is 66.7 Å². The highest BCUT2D eigenvalue weighted by Gasteiger charge is 2.13. The monoisotopic (exact) mass is 228 g/mol. The number of hydrogen-bond donors (Lipinski definition) is 2. The lowest BCUT2D eigenvalue weighted by Gasteiger charge is -2.01. The van der Waals surface area contributed by atoms with Crippen LogP contribution in [-0.2, 0) is 6.54 Å². The molecule has 3 rings (SSSR count). The first-order valence-electron chi connectivity index (χ1n) is 5.39. The molecule has 0 saturated heterocycles. The number of nitrogens with one attached hydrogen (secondary N) is 2. The van der Waals surface area contributed by atoms with Gasteiger partial charge in [-0.05, 0) is 24.7 Å². The summed E-state index contributed by atoms with van der Waals surface area (Å²) in [5.74, 6) is 0.759. The van der Waals surface area contributed by atoms with Crippen molar-refractivity contribution in [1.82, 2.24) is 20.3 Å². The smallest absolute Gasteiger partial charge is 0.153 e.